The van der Waals surface area contributed by atoms with Crippen molar-refractivity contribution < 1.29 is 13.2 Å². The molecule has 0 saturated carbocycles. The molecule has 0 heterocycles. The van der Waals surface area contributed by atoms with Crippen molar-refractivity contribution >= 4 is 0 Å². The zero-order chi connectivity index (χ0) is 11.7. The Morgan fingerprint density at radius 3 is 1.73 bits per heavy atom. The zero-order valence-corrected chi connectivity index (χ0v) is 8.39. The second kappa shape index (κ2) is 3.58. The molecule has 1 nitrogen and oxygen atoms in total. The summed E-state index contributed by atoms with van der Waals surface area (Å²) in [5, 5.41) is 0. The minimum atomic E-state index is -4.32. The molecule has 0 bridgehead atoms. The van der Waals surface area contributed by atoms with E-state index in [0.717, 1.165) is 12.1 Å². The lowest BCUT2D eigenvalue weighted by Crippen LogP contribution is -2.12. The smallest absolute Gasteiger partial charge is 0.306 e. The number of halogens is 3. The van der Waals surface area contributed by atoms with Gasteiger partial charge in [0.05, 0.1) is 5.56 Å². The topological polar surface area (TPSA) is 4.36 Å². The van der Waals surface area contributed by atoms with Gasteiger partial charge in [0, 0.05) is 19.4 Å². The lowest BCUT2D eigenvalue weighted by Gasteiger charge is -2.12. The van der Waals surface area contributed by atoms with Crippen molar-refractivity contribution in [3.8, 4) is 0 Å². The molecule has 1 aromatic carbocycles. The van der Waals surface area contributed by atoms with Gasteiger partial charge in [-0.25, -0.2) is 6.57 Å². The van der Waals surface area contributed by atoms with Crippen molar-refractivity contribution in [1.29, 1.82) is 0 Å². The van der Waals surface area contributed by atoms with Crippen LogP contribution in [0.4, 0.5) is 13.2 Å². The lowest BCUT2D eigenvalue weighted by molar-refractivity contribution is -0.137. The fourth-order valence-electron chi connectivity index (χ4n) is 1.13. The molecule has 4 heteroatoms. The van der Waals surface area contributed by atoms with Gasteiger partial charge < -0.3 is 4.85 Å². The predicted molar refractivity (Wildman–Crippen MR) is 51.1 cm³/mol. The number of hydrogen-bond acceptors (Lipinski definition) is 0. The first-order chi connectivity index (χ1) is 6.77. The van der Waals surface area contributed by atoms with Crippen LogP contribution in [0.2, 0.25) is 0 Å². The second-order valence-corrected chi connectivity index (χ2v) is 3.75. The third-order valence-corrected chi connectivity index (χ3v) is 2.20. The van der Waals surface area contributed by atoms with Gasteiger partial charge in [-0.15, -0.1) is 0 Å². The van der Waals surface area contributed by atoms with Crippen molar-refractivity contribution in [1.82, 2.24) is 0 Å². The second-order valence-electron chi connectivity index (χ2n) is 3.75. The van der Waals surface area contributed by atoms with E-state index < -0.39 is 17.3 Å². The fraction of sp³-hybridized carbons (Fsp3) is 0.364. The van der Waals surface area contributed by atoms with E-state index in [1.54, 1.807) is 13.8 Å². The minimum Gasteiger partial charge on any atom is -0.306 e. The molecule has 0 fully saturated rings. The zero-order valence-electron chi connectivity index (χ0n) is 8.39. The summed E-state index contributed by atoms with van der Waals surface area (Å²) >= 11 is 0. The maximum Gasteiger partial charge on any atom is 0.416 e. The van der Waals surface area contributed by atoms with E-state index in [1.165, 1.54) is 12.1 Å². The Morgan fingerprint density at radius 2 is 1.40 bits per heavy atom. The molecule has 0 radical (unpaired) electrons. The van der Waals surface area contributed by atoms with Gasteiger partial charge >= 0.3 is 6.18 Å². The van der Waals surface area contributed by atoms with Crippen LogP contribution < -0.4 is 0 Å². The summed E-state index contributed by atoms with van der Waals surface area (Å²) in [5.41, 5.74) is -0.873. The average Bonchev–Trinajstić information content (AvgIpc) is 2.17. The molecule has 0 atom stereocenters. The van der Waals surface area contributed by atoms with E-state index in [4.69, 9.17) is 6.57 Å². The molecule has 1 rings (SSSR count). The Balaban J connectivity index is 3.08. The van der Waals surface area contributed by atoms with Crippen molar-refractivity contribution in [2.45, 2.75) is 25.6 Å². The Hall–Kier alpha value is -1.50. The van der Waals surface area contributed by atoms with Crippen LogP contribution in [0.15, 0.2) is 24.3 Å². The van der Waals surface area contributed by atoms with Crippen LogP contribution in [-0.2, 0) is 11.7 Å². The van der Waals surface area contributed by atoms with Gasteiger partial charge in [0.15, 0.2) is 0 Å². The summed E-state index contributed by atoms with van der Waals surface area (Å²) in [6, 6.07) is 4.70. The van der Waals surface area contributed by atoms with Crippen molar-refractivity contribution in [2.75, 3.05) is 0 Å². The van der Waals surface area contributed by atoms with Crippen molar-refractivity contribution in [3.05, 3.63) is 46.8 Å². The summed E-state index contributed by atoms with van der Waals surface area (Å²) in [7, 11) is 0. The predicted octanol–water partition coefficient (Wildman–Crippen LogP) is 3.86. The monoisotopic (exact) mass is 213 g/mol. The van der Waals surface area contributed by atoms with Crippen LogP contribution in [0.1, 0.15) is 25.0 Å². The molecule has 1 aromatic rings. The summed E-state index contributed by atoms with van der Waals surface area (Å²) in [5.74, 6) is 0. The standard InChI is InChI=1S/C11H10F3N/c1-10(2,15-3)8-4-6-9(7-5-8)11(12,13)14/h4-7H,1-2H3. The molecule has 0 amide bonds. The first kappa shape index (κ1) is 11.6. The van der Waals surface area contributed by atoms with Gasteiger partial charge in [-0.3, -0.25) is 0 Å². The highest BCUT2D eigenvalue weighted by Crippen LogP contribution is 2.31. The van der Waals surface area contributed by atoms with Gasteiger partial charge in [-0.2, -0.15) is 13.2 Å². The van der Waals surface area contributed by atoms with Gasteiger partial charge in [-0.1, -0.05) is 12.1 Å². The van der Waals surface area contributed by atoms with Gasteiger partial charge in [-0.05, 0) is 12.1 Å². The van der Waals surface area contributed by atoms with E-state index in [1.807, 2.05) is 0 Å². The molecule has 0 aromatic heterocycles. The summed E-state index contributed by atoms with van der Waals surface area (Å²) in [6.45, 7) is 10.3. The molecule has 0 spiro atoms. The molecule has 0 aliphatic carbocycles. The third-order valence-electron chi connectivity index (χ3n) is 2.20. The quantitative estimate of drug-likeness (QED) is 0.624. The first-order valence-electron chi connectivity index (χ1n) is 4.34. The third kappa shape index (κ3) is 2.50. The Labute approximate surface area is 86.4 Å². The SMILES string of the molecule is [C-]#[N+]C(C)(C)c1ccc(C(F)(F)F)cc1. The van der Waals surface area contributed by atoms with Crippen LogP contribution in [0.25, 0.3) is 4.85 Å². The summed E-state index contributed by atoms with van der Waals surface area (Å²) in [6.07, 6.45) is -4.32. The maximum atomic E-state index is 12.2. The first-order valence-corrected chi connectivity index (χ1v) is 4.34. The normalized spacial score (nSPS) is 12.3. The average molecular weight is 213 g/mol. The summed E-state index contributed by atoms with van der Waals surface area (Å²) < 4.78 is 36.7. The van der Waals surface area contributed by atoms with Crippen LogP contribution in [0.3, 0.4) is 0 Å². The van der Waals surface area contributed by atoms with Crippen LogP contribution >= 0.6 is 0 Å². The number of hydrogen-bond donors (Lipinski definition) is 0. The molecule has 0 aliphatic rings. The van der Waals surface area contributed by atoms with Gasteiger partial charge in [0.25, 0.3) is 5.54 Å². The molecular weight excluding hydrogens is 203 g/mol. The van der Waals surface area contributed by atoms with Gasteiger partial charge in [0.1, 0.15) is 0 Å². The van der Waals surface area contributed by atoms with Crippen LogP contribution in [0.5, 0.6) is 0 Å². The highest BCUT2D eigenvalue weighted by Gasteiger charge is 2.32. The Morgan fingerprint density at radius 1 is 1.00 bits per heavy atom. The number of nitrogens with zero attached hydrogens (tertiary/aromatic N) is 1. The molecule has 0 saturated heterocycles. The largest absolute Gasteiger partial charge is 0.416 e. The van der Waals surface area contributed by atoms with E-state index in [-0.39, 0.29) is 0 Å². The Bertz CT molecular complexity index is 382. The van der Waals surface area contributed by atoms with Crippen molar-refractivity contribution in [2.24, 2.45) is 0 Å². The molecule has 0 aliphatic heterocycles. The summed E-state index contributed by atoms with van der Waals surface area (Å²) in [4.78, 5) is 3.35. The number of rotatable bonds is 1. The molecule has 80 valence electrons. The van der Waals surface area contributed by atoms with Crippen LogP contribution in [0, 0.1) is 6.57 Å². The highest BCUT2D eigenvalue weighted by molar-refractivity contribution is 5.30. The van der Waals surface area contributed by atoms with Crippen LogP contribution in [-0.4, -0.2) is 0 Å². The maximum absolute atomic E-state index is 12.2. The molecular formula is C11H10F3N. The molecule has 0 N–H and O–H groups in total. The van der Waals surface area contributed by atoms with E-state index in [0.29, 0.717) is 5.56 Å². The lowest BCUT2D eigenvalue weighted by atomic mass is 9.94. The molecule has 15 heavy (non-hydrogen) atoms. The van der Waals surface area contributed by atoms with E-state index >= 15 is 0 Å². The molecule has 0 unspecified atom stereocenters. The minimum absolute atomic E-state index is 0.588. The number of alkyl halides is 3. The van der Waals surface area contributed by atoms with E-state index in [9.17, 15) is 13.2 Å². The Kier molecular flexibility index (Phi) is 2.76. The van der Waals surface area contributed by atoms with Gasteiger partial charge in [0.2, 0.25) is 0 Å². The number of benzene rings is 1. The van der Waals surface area contributed by atoms with Crippen molar-refractivity contribution in [3.63, 3.8) is 0 Å². The highest BCUT2D eigenvalue weighted by atomic mass is 19.4. The van der Waals surface area contributed by atoms with E-state index in [2.05, 4.69) is 4.85 Å². The fourth-order valence-corrected chi connectivity index (χ4v) is 1.13.